The van der Waals surface area contributed by atoms with E-state index in [0.29, 0.717) is 22.5 Å². The second kappa shape index (κ2) is 14.6. The molecule has 1 unspecified atom stereocenters. The summed E-state index contributed by atoms with van der Waals surface area (Å²) in [6.45, 7) is 9.39. The number of carbonyl (C=O) groups excluding carboxylic acids is 2. The standard InChI is InChI=1S/C21H24BrClN6OS.2CH2O/c1-13(21(2,3)30)26-19-16(22)11-25-20(28-19)27-14-5-7-15(8-6-14)31(4)29-18-12-24-10-9-17(18)23;2*1-2/h5-13,30H,1-4H3,(H2,25,26,27,28);2*1H2/t13-,31?;;/m1../s1. The maximum atomic E-state index is 10.2. The fraction of sp³-hybridized carbons (Fsp3) is 0.261. The molecule has 0 aliphatic heterocycles. The lowest BCUT2D eigenvalue weighted by Gasteiger charge is -2.27. The molecule has 0 radical (unpaired) electrons. The first-order valence-electron chi connectivity index (χ1n) is 10.1. The van der Waals surface area contributed by atoms with Gasteiger partial charge in [-0.3, -0.25) is 4.98 Å². The van der Waals surface area contributed by atoms with Crippen LogP contribution in [0.15, 0.2) is 62.7 Å². The summed E-state index contributed by atoms with van der Waals surface area (Å²) < 4.78 is 5.38. The van der Waals surface area contributed by atoms with Crippen LogP contribution in [-0.2, 0) is 20.3 Å². The number of hydrogen-bond acceptors (Lipinski definition) is 9. The quantitative estimate of drug-likeness (QED) is 0.339. The van der Waals surface area contributed by atoms with Crippen LogP contribution < -0.4 is 10.6 Å². The van der Waals surface area contributed by atoms with Crippen molar-refractivity contribution in [2.24, 2.45) is 4.36 Å². The number of benzene rings is 1. The van der Waals surface area contributed by atoms with Gasteiger partial charge in [-0.05, 0) is 73.3 Å². The molecule has 0 saturated heterocycles. The fourth-order valence-corrected chi connectivity index (χ4v) is 3.99. The molecule has 0 spiro atoms. The molecule has 0 aliphatic carbocycles. The van der Waals surface area contributed by atoms with Gasteiger partial charge in [-0.15, -0.1) is 0 Å². The first-order chi connectivity index (χ1) is 16.6. The highest BCUT2D eigenvalue weighted by atomic mass is 79.9. The van der Waals surface area contributed by atoms with Crippen molar-refractivity contribution in [2.75, 3.05) is 16.9 Å². The van der Waals surface area contributed by atoms with E-state index in [1.165, 1.54) is 0 Å². The Hall–Kier alpha value is -2.73. The van der Waals surface area contributed by atoms with E-state index in [9.17, 15) is 5.11 Å². The molecule has 0 bridgehead atoms. The monoisotopic (exact) mass is 582 g/mol. The van der Waals surface area contributed by atoms with Gasteiger partial charge in [-0.1, -0.05) is 22.3 Å². The van der Waals surface area contributed by atoms with E-state index >= 15 is 0 Å². The fourth-order valence-electron chi connectivity index (χ4n) is 2.41. The Labute approximate surface area is 221 Å². The highest BCUT2D eigenvalue weighted by Crippen LogP contribution is 2.27. The molecule has 3 N–H and O–H groups in total. The number of hydrogen-bond donors (Lipinski definition) is 3. The minimum atomic E-state index is -0.892. The van der Waals surface area contributed by atoms with Crippen molar-refractivity contribution < 1.29 is 14.7 Å². The zero-order chi connectivity index (χ0) is 26.6. The average Bonchev–Trinajstić information content (AvgIpc) is 2.85. The molecule has 188 valence electrons. The van der Waals surface area contributed by atoms with Crippen molar-refractivity contribution in [3.8, 4) is 0 Å². The van der Waals surface area contributed by atoms with E-state index in [4.69, 9.17) is 21.2 Å². The maximum Gasteiger partial charge on any atom is 0.229 e. The number of pyridine rings is 1. The molecule has 1 aromatic carbocycles. The highest BCUT2D eigenvalue weighted by Gasteiger charge is 2.23. The third-order valence-electron chi connectivity index (χ3n) is 4.59. The first kappa shape index (κ1) is 30.3. The molecule has 9 nitrogen and oxygen atoms in total. The topological polar surface area (TPSA) is 129 Å². The predicted molar refractivity (Wildman–Crippen MR) is 146 cm³/mol. The predicted octanol–water partition coefficient (Wildman–Crippen LogP) is 5.35. The van der Waals surface area contributed by atoms with Crippen LogP contribution in [0.1, 0.15) is 20.8 Å². The minimum absolute atomic E-state index is 0.203. The van der Waals surface area contributed by atoms with Crippen LogP contribution in [0.2, 0.25) is 5.02 Å². The number of anilines is 3. The number of nitrogens with zero attached hydrogens (tertiary/aromatic N) is 4. The maximum absolute atomic E-state index is 10.2. The molecule has 0 aliphatic rings. The Bertz CT molecular complexity index is 1130. The Kier molecular flexibility index (Phi) is 12.7. The van der Waals surface area contributed by atoms with Crippen LogP contribution in [0, 0.1) is 0 Å². The van der Waals surface area contributed by atoms with Gasteiger partial charge in [-0.25, -0.2) is 9.35 Å². The normalized spacial score (nSPS) is 12.3. The molecule has 0 amide bonds. The SMILES string of the molecule is C=O.C=O.C[C@@H](Nc1nc(Nc2ccc(S(C)=Nc3cnccc3Cl)cc2)ncc1Br)C(C)(C)O. The number of carbonyl (C=O) groups is 2. The van der Waals surface area contributed by atoms with Crippen molar-refractivity contribution in [2.45, 2.75) is 37.3 Å². The molecule has 2 aromatic heterocycles. The summed E-state index contributed by atoms with van der Waals surface area (Å²) in [6, 6.07) is 9.45. The summed E-state index contributed by atoms with van der Waals surface area (Å²) in [5.41, 5.74) is 0.640. The van der Waals surface area contributed by atoms with Crippen molar-refractivity contribution in [1.29, 1.82) is 0 Å². The third-order valence-corrected chi connectivity index (χ3v) is 6.92. The van der Waals surface area contributed by atoms with Gasteiger partial charge in [0, 0.05) is 23.0 Å². The molecular weight excluding hydrogens is 556 g/mol. The van der Waals surface area contributed by atoms with Crippen molar-refractivity contribution in [3.63, 3.8) is 0 Å². The van der Waals surface area contributed by atoms with E-state index in [-0.39, 0.29) is 16.7 Å². The lowest BCUT2D eigenvalue weighted by Crippen LogP contribution is -2.39. The number of halogens is 2. The van der Waals surface area contributed by atoms with E-state index in [1.807, 2.05) is 51.0 Å². The smallest absolute Gasteiger partial charge is 0.229 e. The van der Waals surface area contributed by atoms with Crippen LogP contribution >= 0.6 is 27.5 Å². The van der Waals surface area contributed by atoms with Crippen LogP contribution in [0.5, 0.6) is 0 Å². The van der Waals surface area contributed by atoms with Gasteiger partial charge in [0.25, 0.3) is 0 Å². The number of rotatable bonds is 7. The van der Waals surface area contributed by atoms with E-state index in [1.54, 1.807) is 38.5 Å². The van der Waals surface area contributed by atoms with E-state index in [0.717, 1.165) is 15.1 Å². The number of aromatic nitrogens is 3. The van der Waals surface area contributed by atoms with Gasteiger partial charge in [0.15, 0.2) is 0 Å². The molecule has 12 heteroatoms. The molecule has 2 atom stereocenters. The Morgan fingerprint density at radius 3 is 2.34 bits per heavy atom. The summed E-state index contributed by atoms with van der Waals surface area (Å²) in [7, 11) is -0.370. The van der Waals surface area contributed by atoms with Crippen LogP contribution in [-0.4, -0.2) is 51.5 Å². The van der Waals surface area contributed by atoms with Crippen LogP contribution in [0.4, 0.5) is 23.1 Å². The third kappa shape index (κ3) is 9.44. The van der Waals surface area contributed by atoms with Gasteiger partial charge in [0.2, 0.25) is 5.95 Å². The van der Waals surface area contributed by atoms with E-state index in [2.05, 4.69) is 45.9 Å². The molecule has 2 heterocycles. The van der Waals surface area contributed by atoms with Gasteiger partial charge >= 0.3 is 0 Å². The summed E-state index contributed by atoms with van der Waals surface area (Å²) in [4.78, 5) is 30.0. The minimum Gasteiger partial charge on any atom is -0.388 e. The molecular formula is C23H28BrClN6O3S. The average molecular weight is 584 g/mol. The summed E-state index contributed by atoms with van der Waals surface area (Å²) in [5.74, 6) is 1.05. The molecule has 0 fully saturated rings. The van der Waals surface area contributed by atoms with Gasteiger partial charge in [0.1, 0.15) is 25.1 Å². The van der Waals surface area contributed by atoms with Gasteiger partial charge in [-0.2, -0.15) is 4.98 Å². The Morgan fingerprint density at radius 1 is 1.14 bits per heavy atom. The van der Waals surface area contributed by atoms with Gasteiger partial charge < -0.3 is 25.3 Å². The lowest BCUT2D eigenvalue weighted by atomic mass is 10.0. The van der Waals surface area contributed by atoms with Crippen molar-refractivity contribution in [3.05, 3.63) is 58.4 Å². The number of aliphatic hydroxyl groups is 1. The van der Waals surface area contributed by atoms with Crippen molar-refractivity contribution >= 4 is 74.9 Å². The number of nitrogens with one attached hydrogen (secondary N) is 2. The van der Waals surface area contributed by atoms with E-state index < -0.39 is 5.60 Å². The summed E-state index contributed by atoms with van der Waals surface area (Å²) in [5, 5.41) is 17.2. The molecule has 3 rings (SSSR count). The highest BCUT2D eigenvalue weighted by molar-refractivity contribution is 9.10. The van der Waals surface area contributed by atoms with Crippen LogP contribution in [0.25, 0.3) is 0 Å². The van der Waals surface area contributed by atoms with Gasteiger partial charge in [0.05, 0.1) is 27.3 Å². The second-order valence-corrected chi connectivity index (χ2v) is 10.3. The summed E-state index contributed by atoms with van der Waals surface area (Å²) in [6.07, 6.45) is 7.01. The largest absolute Gasteiger partial charge is 0.388 e. The lowest BCUT2D eigenvalue weighted by molar-refractivity contribution is -0.0987. The molecule has 35 heavy (non-hydrogen) atoms. The molecule has 3 aromatic rings. The summed E-state index contributed by atoms with van der Waals surface area (Å²) >= 11 is 9.62. The first-order valence-corrected chi connectivity index (χ1v) is 12.8. The second-order valence-electron chi connectivity index (χ2n) is 7.46. The Balaban J connectivity index is 0.00000145. The molecule has 0 saturated carbocycles. The zero-order valence-corrected chi connectivity index (χ0v) is 23.0. The van der Waals surface area contributed by atoms with Crippen molar-refractivity contribution in [1.82, 2.24) is 15.0 Å². The zero-order valence-electron chi connectivity index (χ0n) is 19.8. The Morgan fingerprint density at radius 2 is 1.77 bits per heavy atom. The van der Waals surface area contributed by atoms with Crippen LogP contribution in [0.3, 0.4) is 0 Å².